The summed E-state index contributed by atoms with van der Waals surface area (Å²) in [5.74, 6) is 0. The molecule has 0 aliphatic carbocycles. The Morgan fingerprint density at radius 1 is 1.38 bits per heavy atom. The van der Waals surface area contributed by atoms with Crippen LogP contribution in [-0.2, 0) is 0 Å². The van der Waals surface area contributed by atoms with Gasteiger partial charge in [-0.15, -0.1) is 6.58 Å². The topological polar surface area (TPSA) is 40.5 Å². The van der Waals surface area contributed by atoms with Gasteiger partial charge in [-0.25, -0.2) is 0 Å². The molecule has 0 bridgehead atoms. The lowest BCUT2D eigenvalue weighted by atomic mass is 9.85. The number of benzene rings is 1. The quantitative estimate of drug-likeness (QED) is 0.744. The van der Waals surface area contributed by atoms with Gasteiger partial charge in [-0.2, -0.15) is 0 Å². The molecule has 2 nitrogen and oxygen atoms in total. The molecule has 1 aromatic carbocycles. The first-order valence-corrected chi connectivity index (χ1v) is 5.28. The van der Waals surface area contributed by atoms with Gasteiger partial charge >= 0.3 is 0 Å². The lowest BCUT2D eigenvalue weighted by Crippen LogP contribution is -2.32. The number of hydrogen-bond acceptors (Lipinski definition) is 2. The molecule has 1 aromatic rings. The van der Waals surface area contributed by atoms with Gasteiger partial charge in [0.1, 0.15) is 0 Å². The molecule has 0 fully saturated rings. The zero-order valence-electron chi connectivity index (χ0n) is 9.50. The highest BCUT2D eigenvalue weighted by Crippen LogP contribution is 2.23. The van der Waals surface area contributed by atoms with E-state index in [1.54, 1.807) is 19.1 Å². The summed E-state index contributed by atoms with van der Waals surface area (Å²) in [6.07, 6.45) is 4.35. The monoisotopic (exact) mass is 218 g/mol. The van der Waals surface area contributed by atoms with Crippen molar-refractivity contribution in [3.8, 4) is 0 Å². The van der Waals surface area contributed by atoms with Crippen LogP contribution in [0.25, 0.3) is 6.08 Å². The highest BCUT2D eigenvalue weighted by Gasteiger charge is 2.26. The van der Waals surface area contributed by atoms with E-state index < -0.39 is 11.5 Å². The molecular weight excluding hydrogens is 200 g/mol. The molecule has 0 aromatic heterocycles. The number of aliphatic hydroxyl groups excluding tert-OH is 2. The normalized spacial score (nSPS) is 16.9. The van der Waals surface area contributed by atoms with Crippen molar-refractivity contribution in [1.29, 1.82) is 0 Å². The van der Waals surface area contributed by atoms with Gasteiger partial charge in [-0.1, -0.05) is 55.5 Å². The molecule has 2 atom stereocenters. The Morgan fingerprint density at radius 2 is 2.00 bits per heavy atom. The van der Waals surface area contributed by atoms with Gasteiger partial charge in [-0.3, -0.25) is 0 Å². The third kappa shape index (κ3) is 3.05. The molecule has 86 valence electrons. The first-order chi connectivity index (χ1) is 7.62. The van der Waals surface area contributed by atoms with Crippen LogP contribution in [0.5, 0.6) is 0 Å². The molecule has 0 saturated carbocycles. The molecule has 0 aliphatic rings. The fourth-order valence-electron chi connectivity index (χ4n) is 1.27. The largest absolute Gasteiger partial charge is 0.395 e. The lowest BCUT2D eigenvalue weighted by Gasteiger charge is -2.26. The molecule has 0 heterocycles. The molecule has 1 rings (SSSR count). The van der Waals surface area contributed by atoms with Crippen LogP contribution in [0.4, 0.5) is 0 Å². The molecule has 2 unspecified atom stereocenters. The zero-order valence-corrected chi connectivity index (χ0v) is 9.50. The number of rotatable bonds is 5. The average Bonchev–Trinajstić information content (AvgIpc) is 2.36. The van der Waals surface area contributed by atoms with Crippen LogP contribution in [0, 0.1) is 5.41 Å². The fourth-order valence-corrected chi connectivity index (χ4v) is 1.27. The lowest BCUT2D eigenvalue weighted by molar-refractivity contribution is 0.0603. The number of aliphatic hydroxyl groups is 2. The minimum Gasteiger partial charge on any atom is -0.395 e. The standard InChI is InChI=1S/C14H18O2/c1-3-14(2,11-15)13(16)10-9-12-7-5-4-6-8-12/h3-10,13,15-16H,1,11H2,2H3/b10-9+. The Hall–Kier alpha value is -1.38. The fraction of sp³-hybridized carbons (Fsp3) is 0.286. The van der Waals surface area contributed by atoms with Gasteiger partial charge in [-0.05, 0) is 5.56 Å². The molecule has 16 heavy (non-hydrogen) atoms. The highest BCUT2D eigenvalue weighted by atomic mass is 16.3. The maximum absolute atomic E-state index is 9.91. The molecule has 0 amide bonds. The summed E-state index contributed by atoms with van der Waals surface area (Å²) < 4.78 is 0. The SMILES string of the molecule is C=CC(C)(CO)C(O)/C=C/c1ccccc1. The van der Waals surface area contributed by atoms with Crippen molar-refractivity contribution in [2.75, 3.05) is 6.61 Å². The van der Waals surface area contributed by atoms with Crippen LogP contribution in [0.3, 0.4) is 0 Å². The molecular formula is C14H18O2. The van der Waals surface area contributed by atoms with Crippen LogP contribution >= 0.6 is 0 Å². The summed E-state index contributed by atoms with van der Waals surface area (Å²) in [5, 5.41) is 19.1. The second kappa shape index (κ2) is 5.64. The molecule has 0 aliphatic heterocycles. The second-order valence-electron chi connectivity index (χ2n) is 4.08. The third-order valence-corrected chi connectivity index (χ3v) is 2.75. The van der Waals surface area contributed by atoms with E-state index >= 15 is 0 Å². The van der Waals surface area contributed by atoms with E-state index in [9.17, 15) is 10.2 Å². The maximum atomic E-state index is 9.91. The Bertz CT molecular complexity index is 356. The van der Waals surface area contributed by atoms with Gasteiger partial charge in [0.2, 0.25) is 0 Å². The summed E-state index contributed by atoms with van der Waals surface area (Å²) in [4.78, 5) is 0. The van der Waals surface area contributed by atoms with Gasteiger partial charge in [0.05, 0.1) is 12.7 Å². The first kappa shape index (κ1) is 12.7. The average molecular weight is 218 g/mol. The highest BCUT2D eigenvalue weighted by molar-refractivity contribution is 5.49. The molecule has 2 heteroatoms. The van der Waals surface area contributed by atoms with Crippen molar-refractivity contribution >= 4 is 6.08 Å². The first-order valence-electron chi connectivity index (χ1n) is 5.28. The summed E-state index contributed by atoms with van der Waals surface area (Å²) >= 11 is 0. The van der Waals surface area contributed by atoms with Crippen LogP contribution in [0.1, 0.15) is 12.5 Å². The van der Waals surface area contributed by atoms with Gasteiger partial charge < -0.3 is 10.2 Å². The van der Waals surface area contributed by atoms with Crippen LogP contribution in [0.2, 0.25) is 0 Å². The molecule has 0 saturated heterocycles. The van der Waals surface area contributed by atoms with Crippen LogP contribution in [0.15, 0.2) is 49.1 Å². The van der Waals surface area contributed by atoms with Crippen LogP contribution in [-0.4, -0.2) is 22.9 Å². The number of hydrogen-bond donors (Lipinski definition) is 2. The summed E-state index contributed by atoms with van der Waals surface area (Å²) in [6, 6.07) is 9.71. The van der Waals surface area contributed by atoms with Crippen LogP contribution < -0.4 is 0 Å². The van der Waals surface area contributed by atoms with Crippen molar-refractivity contribution in [3.05, 3.63) is 54.6 Å². The Morgan fingerprint density at radius 3 is 2.50 bits per heavy atom. The van der Waals surface area contributed by atoms with E-state index in [0.29, 0.717) is 0 Å². The van der Waals surface area contributed by atoms with Crippen molar-refractivity contribution in [1.82, 2.24) is 0 Å². The summed E-state index contributed by atoms with van der Waals surface area (Å²) in [5.41, 5.74) is 0.330. The maximum Gasteiger partial charge on any atom is 0.0834 e. The van der Waals surface area contributed by atoms with Gasteiger partial charge in [0.25, 0.3) is 0 Å². The predicted octanol–water partition coefficient (Wildman–Crippen LogP) is 2.25. The van der Waals surface area contributed by atoms with E-state index in [0.717, 1.165) is 5.56 Å². The Labute approximate surface area is 96.6 Å². The smallest absolute Gasteiger partial charge is 0.0834 e. The minimum atomic E-state index is -0.741. The van der Waals surface area contributed by atoms with E-state index in [1.807, 2.05) is 36.4 Å². The van der Waals surface area contributed by atoms with E-state index in [2.05, 4.69) is 6.58 Å². The zero-order chi connectivity index (χ0) is 12.0. The van der Waals surface area contributed by atoms with Crippen molar-refractivity contribution in [3.63, 3.8) is 0 Å². The van der Waals surface area contributed by atoms with Crippen molar-refractivity contribution in [2.45, 2.75) is 13.0 Å². The van der Waals surface area contributed by atoms with Crippen molar-refractivity contribution < 1.29 is 10.2 Å². The van der Waals surface area contributed by atoms with E-state index in [1.165, 1.54) is 0 Å². The van der Waals surface area contributed by atoms with E-state index in [4.69, 9.17) is 0 Å². The molecule has 2 N–H and O–H groups in total. The second-order valence-corrected chi connectivity index (χ2v) is 4.08. The summed E-state index contributed by atoms with van der Waals surface area (Å²) in [7, 11) is 0. The Kier molecular flexibility index (Phi) is 4.47. The summed E-state index contributed by atoms with van der Waals surface area (Å²) in [6.45, 7) is 5.26. The van der Waals surface area contributed by atoms with Gasteiger partial charge in [0, 0.05) is 5.41 Å². The predicted molar refractivity (Wildman–Crippen MR) is 66.9 cm³/mol. The minimum absolute atomic E-state index is 0.128. The van der Waals surface area contributed by atoms with Gasteiger partial charge in [0.15, 0.2) is 0 Å². The van der Waals surface area contributed by atoms with E-state index in [-0.39, 0.29) is 6.61 Å². The molecule has 0 spiro atoms. The third-order valence-electron chi connectivity index (χ3n) is 2.75. The molecule has 0 radical (unpaired) electrons. The Balaban J connectivity index is 2.74. The van der Waals surface area contributed by atoms with Crippen molar-refractivity contribution in [2.24, 2.45) is 5.41 Å².